The minimum atomic E-state index is -0.0891. The van der Waals surface area contributed by atoms with Crippen molar-refractivity contribution in [3.63, 3.8) is 0 Å². The number of aromatic nitrogens is 1. The Kier molecular flexibility index (Phi) is 5.50. The molecular weight excluding hydrogens is 328 g/mol. The van der Waals surface area contributed by atoms with Gasteiger partial charge in [-0.1, -0.05) is 11.6 Å². The maximum atomic E-state index is 11.1. The normalized spacial score (nSPS) is 10.5. The van der Waals surface area contributed by atoms with Gasteiger partial charge in [0.15, 0.2) is 5.15 Å². The monoisotopic (exact) mass is 342 g/mol. The van der Waals surface area contributed by atoms with Gasteiger partial charge in [0.25, 0.3) is 0 Å². The first-order valence-corrected chi connectivity index (χ1v) is 8.61. The molecule has 0 bridgehead atoms. The third-order valence-electron chi connectivity index (χ3n) is 2.66. The van der Waals surface area contributed by atoms with Gasteiger partial charge in [0, 0.05) is 12.6 Å². The van der Waals surface area contributed by atoms with E-state index in [2.05, 4.69) is 10.3 Å². The second-order valence-electron chi connectivity index (χ2n) is 4.34. The van der Waals surface area contributed by atoms with Crippen molar-refractivity contribution < 1.29 is 9.53 Å². The Hall–Kier alpha value is -1.24. The van der Waals surface area contributed by atoms with Gasteiger partial charge < -0.3 is 10.1 Å². The molecule has 0 aliphatic carbocycles. The Morgan fingerprint density at radius 1 is 1.52 bits per heavy atom. The number of halogens is 1. The molecule has 0 unspecified atom stereocenters. The molecule has 0 aliphatic heterocycles. The van der Waals surface area contributed by atoms with Crippen molar-refractivity contribution >= 4 is 46.3 Å². The molecule has 0 aliphatic rings. The molecule has 1 N–H and O–H groups in total. The number of carbonyl (C=O) groups excluding carboxylic acids is 1. The van der Waals surface area contributed by atoms with Crippen LogP contribution < -0.4 is 10.1 Å². The van der Waals surface area contributed by atoms with Crippen LogP contribution in [0.4, 0.5) is 5.69 Å². The highest BCUT2D eigenvalue weighted by atomic mass is 35.5. The molecular formula is C14H15ClN2O2S2. The first kappa shape index (κ1) is 16.1. The minimum absolute atomic E-state index is 0.0891. The number of amides is 1. The summed E-state index contributed by atoms with van der Waals surface area (Å²) in [5, 5.41) is 4.14. The third kappa shape index (κ3) is 4.36. The second kappa shape index (κ2) is 7.15. The van der Waals surface area contributed by atoms with Gasteiger partial charge in [0.05, 0.1) is 4.21 Å². The van der Waals surface area contributed by atoms with Crippen LogP contribution in [0.1, 0.15) is 17.5 Å². The van der Waals surface area contributed by atoms with Gasteiger partial charge in [-0.25, -0.2) is 4.98 Å². The Bertz CT molecular complexity index is 658. The van der Waals surface area contributed by atoms with Gasteiger partial charge in [0.2, 0.25) is 5.91 Å². The highest BCUT2D eigenvalue weighted by Crippen LogP contribution is 2.32. The molecule has 0 spiro atoms. The number of carbonyl (C=O) groups is 1. The van der Waals surface area contributed by atoms with E-state index in [0.29, 0.717) is 11.8 Å². The van der Waals surface area contributed by atoms with E-state index >= 15 is 0 Å². The summed E-state index contributed by atoms with van der Waals surface area (Å²) in [5.74, 6) is 0.646. The largest absolute Gasteiger partial charge is 0.486 e. The second-order valence-corrected chi connectivity index (χ2v) is 6.85. The molecule has 1 amide bonds. The van der Waals surface area contributed by atoms with Crippen LogP contribution in [0.25, 0.3) is 0 Å². The number of nitrogens with one attached hydrogen (secondary N) is 1. The number of rotatable bonds is 5. The maximum absolute atomic E-state index is 11.1. The SMILES string of the molecule is CSc1sc(COc2ccc(NC(C)=O)c(C)c2)nc1Cl. The fourth-order valence-corrected chi connectivity index (χ4v) is 3.65. The number of hydrogen-bond acceptors (Lipinski definition) is 5. The molecule has 2 rings (SSSR count). The zero-order chi connectivity index (χ0) is 15.4. The summed E-state index contributed by atoms with van der Waals surface area (Å²) in [7, 11) is 0. The Morgan fingerprint density at radius 2 is 2.29 bits per heavy atom. The number of thiazole rings is 1. The van der Waals surface area contributed by atoms with Crippen LogP contribution in [0.3, 0.4) is 0 Å². The van der Waals surface area contributed by atoms with Crippen molar-refractivity contribution in [2.75, 3.05) is 11.6 Å². The van der Waals surface area contributed by atoms with Crippen LogP contribution in [-0.2, 0) is 11.4 Å². The summed E-state index contributed by atoms with van der Waals surface area (Å²) in [5.41, 5.74) is 1.74. The van der Waals surface area contributed by atoms with Crippen LogP contribution in [0, 0.1) is 6.92 Å². The van der Waals surface area contributed by atoms with E-state index in [4.69, 9.17) is 16.3 Å². The summed E-state index contributed by atoms with van der Waals surface area (Å²) in [6.45, 7) is 3.79. The van der Waals surface area contributed by atoms with Crippen LogP contribution >= 0.6 is 34.7 Å². The van der Waals surface area contributed by atoms with Crippen molar-refractivity contribution in [1.29, 1.82) is 0 Å². The lowest BCUT2D eigenvalue weighted by Gasteiger charge is -2.09. The average Bonchev–Trinajstić information content (AvgIpc) is 2.79. The van der Waals surface area contributed by atoms with E-state index < -0.39 is 0 Å². The highest BCUT2D eigenvalue weighted by Gasteiger charge is 2.09. The Balaban J connectivity index is 2.02. The van der Waals surface area contributed by atoms with Crippen molar-refractivity contribution in [2.24, 2.45) is 0 Å². The van der Waals surface area contributed by atoms with Gasteiger partial charge >= 0.3 is 0 Å². The van der Waals surface area contributed by atoms with E-state index in [1.807, 2.05) is 31.4 Å². The van der Waals surface area contributed by atoms with Gasteiger partial charge in [-0.2, -0.15) is 0 Å². The highest BCUT2D eigenvalue weighted by molar-refractivity contribution is 8.00. The summed E-state index contributed by atoms with van der Waals surface area (Å²) in [6.07, 6.45) is 1.97. The van der Waals surface area contributed by atoms with Crippen molar-refractivity contribution in [1.82, 2.24) is 4.98 Å². The first-order valence-electron chi connectivity index (χ1n) is 6.20. The van der Waals surface area contributed by atoms with E-state index in [0.717, 1.165) is 26.2 Å². The van der Waals surface area contributed by atoms with Crippen LogP contribution in [0.15, 0.2) is 22.4 Å². The van der Waals surface area contributed by atoms with Crippen molar-refractivity contribution in [3.8, 4) is 5.75 Å². The lowest BCUT2D eigenvalue weighted by atomic mass is 10.2. The number of nitrogens with zero attached hydrogens (tertiary/aromatic N) is 1. The topological polar surface area (TPSA) is 51.2 Å². The lowest BCUT2D eigenvalue weighted by Crippen LogP contribution is -2.07. The lowest BCUT2D eigenvalue weighted by molar-refractivity contribution is -0.114. The fraction of sp³-hybridized carbons (Fsp3) is 0.286. The molecule has 0 saturated carbocycles. The zero-order valence-electron chi connectivity index (χ0n) is 11.9. The molecule has 0 saturated heterocycles. The predicted molar refractivity (Wildman–Crippen MR) is 88.7 cm³/mol. The number of hydrogen-bond donors (Lipinski definition) is 1. The van der Waals surface area contributed by atoms with E-state index in [1.54, 1.807) is 11.8 Å². The average molecular weight is 343 g/mol. The number of thioether (sulfide) groups is 1. The molecule has 1 aromatic carbocycles. The molecule has 112 valence electrons. The number of ether oxygens (including phenoxy) is 1. The summed E-state index contributed by atoms with van der Waals surface area (Å²) >= 11 is 9.11. The summed E-state index contributed by atoms with van der Waals surface area (Å²) in [6, 6.07) is 5.53. The van der Waals surface area contributed by atoms with E-state index in [1.165, 1.54) is 18.3 Å². The fourth-order valence-electron chi connectivity index (χ4n) is 1.72. The Labute approximate surface area is 136 Å². The minimum Gasteiger partial charge on any atom is -0.486 e. The molecule has 1 heterocycles. The molecule has 21 heavy (non-hydrogen) atoms. The van der Waals surface area contributed by atoms with E-state index in [9.17, 15) is 4.79 Å². The first-order chi connectivity index (χ1) is 9.99. The quantitative estimate of drug-likeness (QED) is 0.820. The maximum Gasteiger partial charge on any atom is 0.221 e. The molecule has 7 heteroatoms. The molecule has 1 aromatic heterocycles. The van der Waals surface area contributed by atoms with Gasteiger partial charge in [-0.15, -0.1) is 23.1 Å². The van der Waals surface area contributed by atoms with Crippen molar-refractivity contribution in [3.05, 3.63) is 33.9 Å². The third-order valence-corrected chi connectivity index (χ3v) is 5.29. The van der Waals surface area contributed by atoms with E-state index in [-0.39, 0.29) is 5.91 Å². The summed E-state index contributed by atoms with van der Waals surface area (Å²) < 4.78 is 6.71. The van der Waals surface area contributed by atoms with Gasteiger partial charge in [0.1, 0.15) is 17.4 Å². The van der Waals surface area contributed by atoms with Crippen LogP contribution in [0.5, 0.6) is 5.75 Å². The number of anilines is 1. The van der Waals surface area contributed by atoms with Gasteiger partial charge in [-0.05, 0) is 36.9 Å². The standard InChI is InChI=1S/C14H15ClN2O2S2/c1-8-6-10(4-5-11(8)16-9(2)18)19-7-12-17-13(15)14(20-3)21-12/h4-6H,7H2,1-3H3,(H,16,18). The zero-order valence-corrected chi connectivity index (χ0v) is 14.3. The smallest absolute Gasteiger partial charge is 0.221 e. The molecule has 0 radical (unpaired) electrons. The molecule has 0 fully saturated rings. The number of benzene rings is 1. The van der Waals surface area contributed by atoms with Crippen LogP contribution in [0.2, 0.25) is 5.15 Å². The number of aryl methyl sites for hydroxylation is 1. The predicted octanol–water partition coefficient (Wildman–Crippen LogP) is 4.36. The van der Waals surface area contributed by atoms with Crippen molar-refractivity contribution in [2.45, 2.75) is 24.7 Å². The Morgan fingerprint density at radius 3 is 2.86 bits per heavy atom. The molecule has 0 atom stereocenters. The summed E-state index contributed by atoms with van der Waals surface area (Å²) in [4.78, 5) is 15.3. The molecule has 2 aromatic rings. The van der Waals surface area contributed by atoms with Crippen LogP contribution in [-0.4, -0.2) is 17.1 Å². The molecule has 4 nitrogen and oxygen atoms in total. The van der Waals surface area contributed by atoms with Gasteiger partial charge in [-0.3, -0.25) is 4.79 Å².